The fourth-order valence-corrected chi connectivity index (χ4v) is 3.93. The molecule has 5 nitrogen and oxygen atoms in total. The Bertz CT molecular complexity index is 620. The molecule has 0 unspecified atom stereocenters. The van der Waals surface area contributed by atoms with E-state index in [1.165, 1.54) is 6.42 Å². The van der Waals surface area contributed by atoms with E-state index in [-0.39, 0.29) is 11.0 Å². The molecule has 0 amide bonds. The second kappa shape index (κ2) is 6.60. The Morgan fingerprint density at radius 2 is 1.88 bits per heavy atom. The molecule has 1 saturated carbocycles. The molecule has 0 aromatic carbocycles. The number of rotatable bonds is 4. The van der Waals surface area contributed by atoms with Crippen LogP contribution in [0.15, 0.2) is 16.9 Å². The lowest BCUT2D eigenvalue weighted by Crippen LogP contribution is -2.55. The van der Waals surface area contributed by atoms with Crippen LogP contribution >= 0.6 is 0 Å². The van der Waals surface area contributed by atoms with E-state index in [1.54, 1.807) is 10.7 Å². The van der Waals surface area contributed by atoms with Crippen LogP contribution < -0.4 is 5.56 Å². The van der Waals surface area contributed by atoms with Gasteiger partial charge in [-0.05, 0) is 18.9 Å². The van der Waals surface area contributed by atoms with E-state index in [9.17, 15) is 9.90 Å². The standard InChI is InChI=1S/C19H31N3O2/c1-18(2,3)16-7-8-17(23)22(20-16)13-15-11-21(12-15)14-19(24)9-5-4-6-10-19/h7-8,15,24H,4-6,9-14H2,1-3H3. The summed E-state index contributed by atoms with van der Waals surface area (Å²) >= 11 is 0. The summed E-state index contributed by atoms with van der Waals surface area (Å²) in [4.78, 5) is 14.4. The number of hydrogen-bond acceptors (Lipinski definition) is 4. The molecule has 1 saturated heterocycles. The van der Waals surface area contributed by atoms with Crippen LogP contribution in [-0.4, -0.2) is 45.0 Å². The summed E-state index contributed by atoms with van der Waals surface area (Å²) in [7, 11) is 0. The topological polar surface area (TPSA) is 58.4 Å². The molecule has 2 fully saturated rings. The van der Waals surface area contributed by atoms with Crippen molar-refractivity contribution in [1.29, 1.82) is 0 Å². The molecule has 0 spiro atoms. The van der Waals surface area contributed by atoms with E-state index in [4.69, 9.17) is 0 Å². The first-order valence-corrected chi connectivity index (χ1v) is 9.29. The number of nitrogens with zero attached hydrogens (tertiary/aromatic N) is 3. The third-order valence-corrected chi connectivity index (χ3v) is 5.40. The van der Waals surface area contributed by atoms with Crippen molar-refractivity contribution in [2.45, 2.75) is 70.4 Å². The number of β-amino-alcohol motifs (C(OH)–C–C–N with tert-alkyl or cyclic N) is 1. The van der Waals surface area contributed by atoms with E-state index in [1.807, 2.05) is 6.07 Å². The van der Waals surface area contributed by atoms with Gasteiger partial charge < -0.3 is 5.11 Å². The lowest BCUT2D eigenvalue weighted by Gasteiger charge is -2.45. The highest BCUT2D eigenvalue weighted by Gasteiger charge is 2.36. The monoisotopic (exact) mass is 333 g/mol. The summed E-state index contributed by atoms with van der Waals surface area (Å²) in [6.45, 7) is 9.71. The zero-order valence-corrected chi connectivity index (χ0v) is 15.3. The van der Waals surface area contributed by atoms with Gasteiger partial charge in [-0.15, -0.1) is 0 Å². The molecule has 1 N–H and O–H groups in total. The third-order valence-electron chi connectivity index (χ3n) is 5.40. The van der Waals surface area contributed by atoms with Gasteiger partial charge in [0.1, 0.15) is 0 Å². The summed E-state index contributed by atoms with van der Waals surface area (Å²) in [5.41, 5.74) is 0.401. The van der Waals surface area contributed by atoms with Crippen molar-refractivity contribution in [2.24, 2.45) is 5.92 Å². The van der Waals surface area contributed by atoms with Crippen LogP contribution in [-0.2, 0) is 12.0 Å². The first kappa shape index (κ1) is 17.6. The average molecular weight is 333 g/mol. The lowest BCUT2D eigenvalue weighted by atomic mass is 9.83. The molecule has 0 bridgehead atoms. The summed E-state index contributed by atoms with van der Waals surface area (Å²) in [6, 6.07) is 3.47. The minimum atomic E-state index is -0.482. The summed E-state index contributed by atoms with van der Waals surface area (Å²) in [6.07, 6.45) is 5.41. The van der Waals surface area contributed by atoms with Gasteiger partial charge in [0.25, 0.3) is 5.56 Å². The van der Waals surface area contributed by atoms with Crippen molar-refractivity contribution >= 4 is 0 Å². The molecular formula is C19H31N3O2. The summed E-state index contributed by atoms with van der Waals surface area (Å²) < 4.78 is 1.62. The Morgan fingerprint density at radius 3 is 2.50 bits per heavy atom. The normalized spacial score (nSPS) is 22.3. The maximum Gasteiger partial charge on any atom is 0.266 e. The molecule has 1 aromatic heterocycles. The maximum absolute atomic E-state index is 12.1. The Kier molecular flexibility index (Phi) is 4.85. The first-order valence-electron chi connectivity index (χ1n) is 9.29. The number of hydrogen-bond donors (Lipinski definition) is 1. The van der Waals surface area contributed by atoms with Crippen LogP contribution in [0.4, 0.5) is 0 Å². The Balaban J connectivity index is 1.55. The van der Waals surface area contributed by atoms with E-state index in [0.29, 0.717) is 12.5 Å². The van der Waals surface area contributed by atoms with Crippen molar-refractivity contribution in [3.05, 3.63) is 28.2 Å². The van der Waals surface area contributed by atoms with E-state index >= 15 is 0 Å². The van der Waals surface area contributed by atoms with Crippen LogP contribution in [0.5, 0.6) is 0 Å². The Morgan fingerprint density at radius 1 is 1.21 bits per heavy atom. The highest BCUT2D eigenvalue weighted by molar-refractivity contribution is 5.10. The smallest absolute Gasteiger partial charge is 0.266 e. The van der Waals surface area contributed by atoms with Crippen molar-refractivity contribution < 1.29 is 5.11 Å². The number of aliphatic hydroxyl groups is 1. The van der Waals surface area contributed by atoms with Crippen LogP contribution in [0.25, 0.3) is 0 Å². The van der Waals surface area contributed by atoms with Crippen molar-refractivity contribution in [3.63, 3.8) is 0 Å². The molecule has 2 heterocycles. The Hall–Kier alpha value is -1.20. The zero-order valence-electron chi connectivity index (χ0n) is 15.3. The van der Waals surface area contributed by atoms with Gasteiger partial charge in [-0.2, -0.15) is 5.10 Å². The van der Waals surface area contributed by atoms with Gasteiger partial charge in [-0.25, -0.2) is 4.68 Å². The Labute approximate surface area is 144 Å². The number of likely N-dealkylation sites (tertiary alicyclic amines) is 1. The average Bonchev–Trinajstić information content (AvgIpc) is 2.46. The molecule has 24 heavy (non-hydrogen) atoms. The molecule has 1 aliphatic heterocycles. The molecular weight excluding hydrogens is 302 g/mol. The highest BCUT2D eigenvalue weighted by Crippen LogP contribution is 2.31. The first-order chi connectivity index (χ1) is 11.3. The van der Waals surface area contributed by atoms with Gasteiger partial charge in [-0.1, -0.05) is 40.0 Å². The minimum absolute atomic E-state index is 0.0210. The molecule has 2 aliphatic rings. The van der Waals surface area contributed by atoms with Gasteiger partial charge in [0.15, 0.2) is 0 Å². The van der Waals surface area contributed by atoms with Crippen molar-refractivity contribution in [2.75, 3.05) is 19.6 Å². The van der Waals surface area contributed by atoms with Crippen LogP contribution in [0, 0.1) is 5.92 Å². The molecule has 134 valence electrons. The second-order valence-corrected chi connectivity index (χ2v) is 8.83. The van der Waals surface area contributed by atoms with Crippen LogP contribution in [0.2, 0.25) is 0 Å². The molecule has 0 radical (unpaired) electrons. The van der Waals surface area contributed by atoms with Gasteiger partial charge in [0, 0.05) is 37.0 Å². The van der Waals surface area contributed by atoms with E-state index in [0.717, 1.165) is 51.0 Å². The van der Waals surface area contributed by atoms with Gasteiger partial charge in [0.2, 0.25) is 0 Å². The van der Waals surface area contributed by atoms with Crippen LogP contribution in [0.3, 0.4) is 0 Å². The maximum atomic E-state index is 12.1. The zero-order chi connectivity index (χ0) is 17.4. The van der Waals surface area contributed by atoms with E-state index in [2.05, 4.69) is 30.8 Å². The number of aromatic nitrogens is 2. The second-order valence-electron chi connectivity index (χ2n) is 8.83. The summed E-state index contributed by atoms with van der Waals surface area (Å²) in [5.74, 6) is 0.456. The van der Waals surface area contributed by atoms with Gasteiger partial charge in [0.05, 0.1) is 17.8 Å². The predicted octanol–water partition coefficient (Wildman–Crippen LogP) is 2.17. The molecule has 1 aromatic rings. The predicted molar refractivity (Wildman–Crippen MR) is 95.2 cm³/mol. The van der Waals surface area contributed by atoms with Crippen molar-refractivity contribution in [1.82, 2.24) is 14.7 Å². The molecule has 3 rings (SSSR count). The summed E-state index contributed by atoms with van der Waals surface area (Å²) in [5, 5.41) is 15.2. The lowest BCUT2D eigenvalue weighted by molar-refractivity contribution is -0.0556. The SMILES string of the molecule is CC(C)(C)c1ccc(=O)n(CC2CN(CC3(O)CCCCC3)C2)n1. The van der Waals surface area contributed by atoms with Crippen LogP contribution in [0.1, 0.15) is 58.6 Å². The van der Waals surface area contributed by atoms with E-state index < -0.39 is 5.60 Å². The third kappa shape index (κ3) is 4.06. The fourth-order valence-electron chi connectivity index (χ4n) is 3.93. The van der Waals surface area contributed by atoms with Crippen molar-refractivity contribution in [3.8, 4) is 0 Å². The minimum Gasteiger partial charge on any atom is -0.389 e. The molecule has 5 heteroatoms. The van der Waals surface area contributed by atoms with Gasteiger partial charge in [-0.3, -0.25) is 9.69 Å². The van der Waals surface area contributed by atoms with Gasteiger partial charge >= 0.3 is 0 Å². The molecule has 1 aliphatic carbocycles. The fraction of sp³-hybridized carbons (Fsp3) is 0.789. The molecule has 0 atom stereocenters. The largest absolute Gasteiger partial charge is 0.389 e. The quantitative estimate of drug-likeness (QED) is 0.917. The highest BCUT2D eigenvalue weighted by atomic mass is 16.3.